The highest BCUT2D eigenvalue weighted by Crippen LogP contribution is 2.53. The monoisotopic (exact) mass is 310 g/mol. The van der Waals surface area contributed by atoms with Gasteiger partial charge >= 0.3 is 0 Å². The predicted molar refractivity (Wildman–Crippen MR) is 85.6 cm³/mol. The first-order valence-corrected chi connectivity index (χ1v) is 8.06. The van der Waals surface area contributed by atoms with E-state index in [0.717, 1.165) is 6.42 Å². The number of amides is 3. The molecule has 4 rings (SSSR count). The van der Waals surface area contributed by atoms with Gasteiger partial charge in [-0.1, -0.05) is 19.1 Å². The Morgan fingerprint density at radius 2 is 1.65 bits per heavy atom. The average Bonchev–Trinajstić information content (AvgIpc) is 3.23. The molecule has 1 aromatic carbocycles. The van der Waals surface area contributed by atoms with Gasteiger partial charge in [-0.15, -0.1) is 0 Å². The first-order chi connectivity index (χ1) is 11.1. The zero-order valence-electron chi connectivity index (χ0n) is 12.9. The van der Waals surface area contributed by atoms with Crippen molar-refractivity contribution >= 4 is 29.1 Å². The van der Waals surface area contributed by atoms with Crippen LogP contribution >= 0.6 is 0 Å². The molecule has 5 nitrogen and oxygen atoms in total. The Bertz CT molecular complexity index is 692. The Morgan fingerprint density at radius 1 is 1.09 bits per heavy atom. The second-order valence-electron chi connectivity index (χ2n) is 6.46. The molecule has 0 spiro atoms. The minimum Gasteiger partial charge on any atom is -0.326 e. The van der Waals surface area contributed by atoms with E-state index in [4.69, 9.17) is 0 Å². The highest BCUT2D eigenvalue weighted by atomic mass is 16.2. The minimum atomic E-state index is -0.183. The molecule has 23 heavy (non-hydrogen) atoms. The number of nitrogens with one attached hydrogen (secondary N) is 1. The molecule has 1 N–H and O–H groups in total. The Labute approximate surface area is 134 Å². The number of hydrogen-bond acceptors (Lipinski definition) is 3. The smallest absolute Gasteiger partial charge is 0.238 e. The fourth-order valence-corrected chi connectivity index (χ4v) is 4.10. The van der Waals surface area contributed by atoms with Crippen LogP contribution in [0.1, 0.15) is 19.8 Å². The molecule has 2 fully saturated rings. The topological polar surface area (TPSA) is 66.5 Å². The molecule has 2 bridgehead atoms. The quantitative estimate of drug-likeness (QED) is 0.688. The zero-order valence-corrected chi connectivity index (χ0v) is 12.9. The van der Waals surface area contributed by atoms with E-state index in [1.54, 1.807) is 31.2 Å². The molecule has 0 aromatic heterocycles. The number of allylic oxidation sites excluding steroid dienone is 2. The van der Waals surface area contributed by atoms with Crippen molar-refractivity contribution in [3.05, 3.63) is 36.4 Å². The molecule has 1 heterocycles. The van der Waals surface area contributed by atoms with Gasteiger partial charge in [-0.2, -0.15) is 0 Å². The van der Waals surface area contributed by atoms with Crippen LogP contribution in [0.2, 0.25) is 0 Å². The van der Waals surface area contributed by atoms with E-state index in [-0.39, 0.29) is 41.4 Å². The lowest BCUT2D eigenvalue weighted by Gasteiger charge is -2.17. The van der Waals surface area contributed by atoms with E-state index >= 15 is 0 Å². The number of hydrogen-bond donors (Lipinski definition) is 1. The van der Waals surface area contributed by atoms with Crippen molar-refractivity contribution in [1.29, 1.82) is 0 Å². The maximum absolute atomic E-state index is 12.7. The van der Waals surface area contributed by atoms with Gasteiger partial charge in [-0.05, 0) is 42.5 Å². The number of imide groups is 1. The van der Waals surface area contributed by atoms with Crippen molar-refractivity contribution in [2.45, 2.75) is 19.8 Å². The molecule has 5 heteroatoms. The van der Waals surface area contributed by atoms with Crippen LogP contribution in [0, 0.1) is 23.7 Å². The van der Waals surface area contributed by atoms with Crippen molar-refractivity contribution in [3.8, 4) is 0 Å². The normalized spacial score (nSPS) is 30.9. The third-order valence-corrected chi connectivity index (χ3v) is 5.20. The summed E-state index contributed by atoms with van der Waals surface area (Å²) < 4.78 is 0. The van der Waals surface area contributed by atoms with Crippen molar-refractivity contribution in [2.24, 2.45) is 23.7 Å². The Kier molecular flexibility index (Phi) is 3.11. The van der Waals surface area contributed by atoms with E-state index in [1.807, 2.05) is 0 Å². The number of fused-ring (bicyclic) bond motifs is 5. The van der Waals surface area contributed by atoms with Gasteiger partial charge in [0.1, 0.15) is 0 Å². The van der Waals surface area contributed by atoms with Gasteiger partial charge in [0.05, 0.1) is 17.5 Å². The number of nitrogens with zero attached hydrogens (tertiary/aromatic N) is 1. The van der Waals surface area contributed by atoms with Crippen molar-refractivity contribution < 1.29 is 14.4 Å². The number of anilines is 2. The summed E-state index contributed by atoms with van der Waals surface area (Å²) in [6.45, 7) is 1.78. The van der Waals surface area contributed by atoms with Crippen molar-refractivity contribution in [1.82, 2.24) is 0 Å². The van der Waals surface area contributed by atoms with E-state index < -0.39 is 0 Å². The maximum Gasteiger partial charge on any atom is 0.238 e. The summed E-state index contributed by atoms with van der Waals surface area (Å²) >= 11 is 0. The number of carbonyl (C=O) groups excluding carboxylic acids is 3. The van der Waals surface area contributed by atoms with Crippen LogP contribution < -0.4 is 10.2 Å². The molecule has 1 aromatic rings. The molecule has 0 unspecified atom stereocenters. The van der Waals surface area contributed by atoms with Gasteiger partial charge in [0.15, 0.2) is 0 Å². The Morgan fingerprint density at radius 3 is 2.17 bits per heavy atom. The van der Waals surface area contributed by atoms with E-state index in [2.05, 4.69) is 17.5 Å². The lowest BCUT2D eigenvalue weighted by Crippen LogP contribution is -2.32. The predicted octanol–water partition coefficient (Wildman–Crippen LogP) is 2.35. The summed E-state index contributed by atoms with van der Waals surface area (Å²) in [5, 5.41) is 2.76. The van der Waals surface area contributed by atoms with Crippen LogP contribution in [-0.4, -0.2) is 17.7 Å². The van der Waals surface area contributed by atoms with E-state index in [0.29, 0.717) is 17.8 Å². The first-order valence-electron chi connectivity index (χ1n) is 8.06. The van der Waals surface area contributed by atoms with Crippen molar-refractivity contribution in [3.63, 3.8) is 0 Å². The second kappa shape index (κ2) is 5.05. The lowest BCUT2D eigenvalue weighted by molar-refractivity contribution is -0.123. The number of benzene rings is 1. The molecule has 3 aliphatic rings. The average molecular weight is 310 g/mol. The molecule has 0 radical (unpaired) electrons. The molecule has 4 atom stereocenters. The molecule has 2 aliphatic carbocycles. The number of carbonyl (C=O) groups is 3. The van der Waals surface area contributed by atoms with Crippen LogP contribution in [0.15, 0.2) is 36.4 Å². The SMILES string of the molecule is CCC(=O)Nc1ccc(N2C(=O)[C@H]3[C@H](C2=O)[C@H]2C=C[C@H]3C2)cc1. The third-order valence-electron chi connectivity index (χ3n) is 5.20. The minimum absolute atomic E-state index is 0.0664. The van der Waals surface area contributed by atoms with Gasteiger partial charge < -0.3 is 5.32 Å². The second-order valence-corrected chi connectivity index (χ2v) is 6.46. The van der Waals surface area contributed by atoms with E-state index in [1.165, 1.54) is 4.90 Å². The molecular formula is C18H18N2O3. The van der Waals surface area contributed by atoms with Crippen molar-refractivity contribution in [2.75, 3.05) is 10.2 Å². The fourth-order valence-electron chi connectivity index (χ4n) is 4.10. The summed E-state index contributed by atoms with van der Waals surface area (Å²) in [7, 11) is 0. The molecule has 118 valence electrons. The van der Waals surface area contributed by atoms with Gasteiger partial charge in [0.2, 0.25) is 17.7 Å². The summed E-state index contributed by atoms with van der Waals surface area (Å²) in [6, 6.07) is 6.89. The highest BCUT2D eigenvalue weighted by molar-refractivity contribution is 6.22. The summed E-state index contributed by atoms with van der Waals surface area (Å²) in [4.78, 5) is 38.1. The fraction of sp³-hybridized carbons (Fsp3) is 0.389. The van der Waals surface area contributed by atoms with Crippen LogP contribution in [0.25, 0.3) is 0 Å². The van der Waals surface area contributed by atoms with Crippen LogP contribution in [0.5, 0.6) is 0 Å². The standard InChI is InChI=1S/C18H18N2O3/c1-2-14(21)19-12-5-7-13(8-6-12)20-17(22)15-10-3-4-11(9-10)16(15)18(20)23/h3-8,10-11,15-16H,2,9H2,1H3,(H,19,21)/t10-,11-,15+,16+/m0/s1. The molecular weight excluding hydrogens is 292 g/mol. The highest BCUT2D eigenvalue weighted by Gasteiger charge is 2.59. The largest absolute Gasteiger partial charge is 0.326 e. The maximum atomic E-state index is 12.7. The van der Waals surface area contributed by atoms with E-state index in [9.17, 15) is 14.4 Å². The summed E-state index contributed by atoms with van der Waals surface area (Å²) in [5.74, 6) is -0.161. The Hall–Kier alpha value is -2.43. The molecule has 1 saturated carbocycles. The van der Waals surface area contributed by atoms with Gasteiger partial charge in [0, 0.05) is 12.1 Å². The Balaban J connectivity index is 1.58. The molecule has 1 aliphatic heterocycles. The molecule has 1 saturated heterocycles. The summed E-state index contributed by atoms with van der Waals surface area (Å²) in [6.07, 6.45) is 5.51. The van der Waals surface area contributed by atoms with Gasteiger partial charge in [-0.25, -0.2) is 0 Å². The summed E-state index contributed by atoms with van der Waals surface area (Å²) in [5.41, 5.74) is 1.25. The van der Waals surface area contributed by atoms with Crippen LogP contribution in [0.4, 0.5) is 11.4 Å². The first kappa shape index (κ1) is 14.2. The van der Waals surface area contributed by atoms with Crippen LogP contribution in [0.3, 0.4) is 0 Å². The van der Waals surface area contributed by atoms with Gasteiger partial charge in [-0.3, -0.25) is 19.3 Å². The number of rotatable bonds is 3. The third kappa shape index (κ3) is 2.03. The lowest BCUT2D eigenvalue weighted by atomic mass is 9.85. The molecule has 3 amide bonds. The van der Waals surface area contributed by atoms with Gasteiger partial charge in [0.25, 0.3) is 0 Å². The zero-order chi connectivity index (χ0) is 16.1. The van der Waals surface area contributed by atoms with Crippen LogP contribution in [-0.2, 0) is 14.4 Å².